The van der Waals surface area contributed by atoms with Crippen LogP contribution in [0.3, 0.4) is 0 Å². The Morgan fingerprint density at radius 1 is 1.08 bits per heavy atom. The van der Waals surface area contributed by atoms with E-state index in [0.29, 0.717) is 11.3 Å². The van der Waals surface area contributed by atoms with Crippen LogP contribution in [0.4, 0.5) is 5.69 Å². The number of aryl methyl sites for hydroxylation is 2. The minimum atomic E-state index is -0.169. The van der Waals surface area contributed by atoms with Gasteiger partial charge in [0, 0.05) is 6.04 Å². The Hall–Kier alpha value is -2.62. The summed E-state index contributed by atoms with van der Waals surface area (Å²) in [7, 11) is 0. The summed E-state index contributed by atoms with van der Waals surface area (Å²) in [5.74, 6) is -0.297. The quantitative estimate of drug-likeness (QED) is 0.836. The minimum Gasteiger partial charge on any atom is -0.350 e. The molecule has 0 radical (unpaired) electrons. The van der Waals surface area contributed by atoms with Crippen LogP contribution in [-0.4, -0.2) is 17.9 Å². The summed E-state index contributed by atoms with van der Waals surface area (Å²) in [5, 5.41) is 5.81. The van der Waals surface area contributed by atoms with Crippen molar-refractivity contribution in [2.24, 2.45) is 0 Å². The monoisotopic (exact) mass is 338 g/mol. The lowest BCUT2D eigenvalue weighted by Gasteiger charge is -2.15. The molecule has 2 aromatic rings. The fourth-order valence-corrected chi connectivity index (χ4v) is 2.55. The number of carbonyl (C=O) groups excluding carboxylic acids is 2. The normalized spacial score (nSPS) is 11.7. The van der Waals surface area contributed by atoms with E-state index in [-0.39, 0.29) is 24.3 Å². The van der Waals surface area contributed by atoms with Gasteiger partial charge in [-0.3, -0.25) is 9.59 Å². The number of amides is 2. The van der Waals surface area contributed by atoms with E-state index in [4.69, 9.17) is 0 Å². The summed E-state index contributed by atoms with van der Waals surface area (Å²) in [6.45, 7) is 7.98. The van der Waals surface area contributed by atoms with Gasteiger partial charge in [0.25, 0.3) is 5.91 Å². The molecule has 0 aliphatic heterocycles. The first-order chi connectivity index (χ1) is 11.9. The minimum absolute atomic E-state index is 0.0891. The molecule has 0 aliphatic rings. The van der Waals surface area contributed by atoms with E-state index in [1.165, 1.54) is 0 Å². The highest BCUT2D eigenvalue weighted by atomic mass is 16.2. The second kappa shape index (κ2) is 8.47. The zero-order valence-corrected chi connectivity index (χ0v) is 15.3. The molecule has 0 unspecified atom stereocenters. The molecule has 0 aromatic heterocycles. The van der Waals surface area contributed by atoms with E-state index in [2.05, 4.69) is 10.6 Å². The highest BCUT2D eigenvalue weighted by molar-refractivity contribution is 6.04. The molecule has 2 N–H and O–H groups in total. The van der Waals surface area contributed by atoms with Crippen LogP contribution in [0, 0.1) is 13.8 Å². The highest BCUT2D eigenvalue weighted by Gasteiger charge is 2.15. The van der Waals surface area contributed by atoms with Gasteiger partial charge < -0.3 is 10.6 Å². The van der Waals surface area contributed by atoms with Gasteiger partial charge in [0.2, 0.25) is 5.91 Å². The maximum Gasteiger partial charge on any atom is 0.253 e. The second-order valence-corrected chi connectivity index (χ2v) is 6.48. The fraction of sp³-hybridized carbons (Fsp3) is 0.333. The molecule has 0 saturated heterocycles. The van der Waals surface area contributed by atoms with Gasteiger partial charge in [0.05, 0.1) is 17.7 Å². The third kappa shape index (κ3) is 5.18. The van der Waals surface area contributed by atoms with Crippen molar-refractivity contribution in [2.45, 2.75) is 46.6 Å². The second-order valence-electron chi connectivity index (χ2n) is 6.48. The Bertz CT molecular complexity index is 768. The number of para-hydroxylation sites is 1. The van der Waals surface area contributed by atoms with E-state index < -0.39 is 0 Å². The molecule has 25 heavy (non-hydrogen) atoms. The highest BCUT2D eigenvalue weighted by Crippen LogP contribution is 2.17. The Labute approximate surface area is 149 Å². The Morgan fingerprint density at radius 3 is 2.52 bits per heavy atom. The predicted molar refractivity (Wildman–Crippen MR) is 102 cm³/mol. The summed E-state index contributed by atoms with van der Waals surface area (Å²) in [6.07, 6.45) is 1.14. The molecule has 2 aromatic carbocycles. The molecule has 4 heteroatoms. The average Bonchev–Trinajstić information content (AvgIpc) is 2.58. The van der Waals surface area contributed by atoms with Crippen LogP contribution in [0.2, 0.25) is 0 Å². The topological polar surface area (TPSA) is 58.2 Å². The first-order valence-corrected chi connectivity index (χ1v) is 8.66. The lowest BCUT2D eigenvalue weighted by molar-refractivity contribution is -0.115. The fourth-order valence-electron chi connectivity index (χ4n) is 2.55. The maximum atomic E-state index is 12.5. The summed E-state index contributed by atoms with van der Waals surface area (Å²) >= 11 is 0. The number of carbonyl (C=O) groups is 2. The van der Waals surface area contributed by atoms with Gasteiger partial charge in [-0.1, -0.05) is 42.8 Å². The van der Waals surface area contributed by atoms with Crippen LogP contribution in [0.25, 0.3) is 0 Å². The zero-order chi connectivity index (χ0) is 18.4. The molecule has 0 heterocycles. The zero-order valence-electron chi connectivity index (χ0n) is 15.3. The Morgan fingerprint density at radius 2 is 1.80 bits per heavy atom. The number of anilines is 1. The number of rotatable bonds is 6. The Kier molecular flexibility index (Phi) is 6.34. The van der Waals surface area contributed by atoms with E-state index in [1.54, 1.807) is 18.2 Å². The SMILES string of the molecule is CC[C@H](C)NC(=O)c1ccccc1NC(=O)Cc1cc(C)ccc1C. The molecule has 1 atom stereocenters. The van der Waals surface area contributed by atoms with Crippen LogP contribution >= 0.6 is 0 Å². The standard InChI is InChI=1S/C21H26N2O2/c1-5-16(4)22-21(25)18-8-6-7-9-19(18)23-20(24)13-17-12-14(2)10-11-15(17)3/h6-12,16H,5,13H2,1-4H3,(H,22,25)(H,23,24)/t16-/m0/s1. The third-order valence-electron chi connectivity index (χ3n) is 4.29. The van der Waals surface area contributed by atoms with Gasteiger partial charge >= 0.3 is 0 Å². The van der Waals surface area contributed by atoms with Crippen molar-refractivity contribution in [3.8, 4) is 0 Å². The molecule has 0 spiro atoms. The van der Waals surface area contributed by atoms with Crippen molar-refractivity contribution in [1.29, 1.82) is 0 Å². The van der Waals surface area contributed by atoms with E-state index in [9.17, 15) is 9.59 Å². The van der Waals surface area contributed by atoms with Crippen LogP contribution in [0.1, 0.15) is 47.3 Å². The molecule has 4 nitrogen and oxygen atoms in total. The largest absolute Gasteiger partial charge is 0.350 e. The van der Waals surface area contributed by atoms with Crippen LogP contribution in [-0.2, 0) is 11.2 Å². The summed E-state index contributed by atoms with van der Waals surface area (Å²) in [6, 6.07) is 13.3. The molecular formula is C21H26N2O2. The van der Waals surface area contributed by atoms with Gasteiger partial charge in [-0.2, -0.15) is 0 Å². The third-order valence-corrected chi connectivity index (χ3v) is 4.29. The van der Waals surface area contributed by atoms with Crippen molar-refractivity contribution in [2.75, 3.05) is 5.32 Å². The summed E-state index contributed by atoms with van der Waals surface area (Å²) in [4.78, 5) is 24.9. The van der Waals surface area contributed by atoms with Gasteiger partial charge in [0.15, 0.2) is 0 Å². The van der Waals surface area contributed by atoms with Crippen molar-refractivity contribution in [3.05, 3.63) is 64.7 Å². The maximum absolute atomic E-state index is 12.5. The molecule has 0 fully saturated rings. The average molecular weight is 338 g/mol. The molecule has 2 amide bonds. The molecule has 0 aliphatic carbocycles. The van der Waals surface area contributed by atoms with Crippen molar-refractivity contribution in [3.63, 3.8) is 0 Å². The van der Waals surface area contributed by atoms with Gasteiger partial charge in [0.1, 0.15) is 0 Å². The molecular weight excluding hydrogens is 312 g/mol. The number of hydrogen-bond acceptors (Lipinski definition) is 2. The lowest BCUT2D eigenvalue weighted by atomic mass is 10.0. The number of benzene rings is 2. The van der Waals surface area contributed by atoms with Crippen molar-refractivity contribution < 1.29 is 9.59 Å². The molecule has 0 saturated carbocycles. The summed E-state index contributed by atoms with van der Waals surface area (Å²) < 4.78 is 0. The van der Waals surface area contributed by atoms with Crippen molar-refractivity contribution >= 4 is 17.5 Å². The van der Waals surface area contributed by atoms with E-state index in [1.807, 2.05) is 52.0 Å². The smallest absolute Gasteiger partial charge is 0.253 e. The van der Waals surface area contributed by atoms with Crippen LogP contribution < -0.4 is 10.6 Å². The van der Waals surface area contributed by atoms with Crippen molar-refractivity contribution in [1.82, 2.24) is 5.32 Å². The number of hydrogen-bond donors (Lipinski definition) is 2. The number of nitrogens with one attached hydrogen (secondary N) is 2. The molecule has 132 valence electrons. The molecule has 0 bridgehead atoms. The van der Waals surface area contributed by atoms with E-state index >= 15 is 0 Å². The van der Waals surface area contributed by atoms with Crippen LogP contribution in [0.5, 0.6) is 0 Å². The summed E-state index contributed by atoms with van der Waals surface area (Å²) in [5.41, 5.74) is 4.24. The first kappa shape index (κ1) is 18.7. The Balaban J connectivity index is 2.13. The van der Waals surface area contributed by atoms with E-state index in [0.717, 1.165) is 23.1 Å². The van der Waals surface area contributed by atoms with Gasteiger partial charge in [-0.05, 0) is 50.5 Å². The predicted octanol–water partition coefficient (Wildman–Crippen LogP) is 4.01. The molecule has 2 rings (SSSR count). The van der Waals surface area contributed by atoms with Crippen LogP contribution in [0.15, 0.2) is 42.5 Å². The van der Waals surface area contributed by atoms with Gasteiger partial charge in [-0.25, -0.2) is 0 Å². The lowest BCUT2D eigenvalue weighted by Crippen LogP contribution is -2.32. The first-order valence-electron chi connectivity index (χ1n) is 8.66. The van der Waals surface area contributed by atoms with Gasteiger partial charge in [-0.15, -0.1) is 0 Å².